The van der Waals surface area contributed by atoms with Crippen molar-refractivity contribution in [2.24, 2.45) is 4.99 Å². The quantitative estimate of drug-likeness (QED) is 0.654. The molecule has 0 saturated heterocycles. The van der Waals surface area contributed by atoms with Crippen molar-refractivity contribution in [1.29, 1.82) is 0 Å². The summed E-state index contributed by atoms with van der Waals surface area (Å²) < 4.78 is 0. The lowest BCUT2D eigenvalue weighted by Crippen LogP contribution is -2.25. The number of nitrogens with zero attached hydrogens (tertiary/aromatic N) is 3. The molecule has 4 nitrogen and oxygen atoms in total. The second kappa shape index (κ2) is 4.22. The summed E-state index contributed by atoms with van der Waals surface area (Å²) in [6, 6.07) is 6.20. The SMILES string of the molecule is ClC1N=CC=CN1Cc1ccc2[nH]ncc2c1. The Kier molecular flexibility index (Phi) is 2.57. The lowest BCUT2D eigenvalue weighted by atomic mass is 10.1. The molecule has 86 valence electrons. The zero-order valence-corrected chi connectivity index (χ0v) is 9.80. The van der Waals surface area contributed by atoms with Crippen LogP contribution < -0.4 is 0 Å². The number of halogens is 1. The Balaban J connectivity index is 1.84. The van der Waals surface area contributed by atoms with E-state index in [4.69, 9.17) is 11.6 Å². The Bertz CT molecular complexity index is 587. The van der Waals surface area contributed by atoms with Crippen LogP contribution in [0.2, 0.25) is 0 Å². The molecule has 0 fully saturated rings. The summed E-state index contributed by atoms with van der Waals surface area (Å²) >= 11 is 6.09. The van der Waals surface area contributed by atoms with Gasteiger partial charge in [-0.25, -0.2) is 0 Å². The van der Waals surface area contributed by atoms with Gasteiger partial charge in [0.05, 0.1) is 11.7 Å². The first-order chi connectivity index (χ1) is 8.33. The lowest BCUT2D eigenvalue weighted by molar-refractivity contribution is 0.345. The Morgan fingerprint density at radius 2 is 2.35 bits per heavy atom. The van der Waals surface area contributed by atoms with Crippen LogP contribution >= 0.6 is 11.6 Å². The van der Waals surface area contributed by atoms with Crippen molar-refractivity contribution in [1.82, 2.24) is 15.1 Å². The maximum absolute atomic E-state index is 6.09. The number of rotatable bonds is 2. The molecule has 5 heteroatoms. The van der Waals surface area contributed by atoms with E-state index in [-0.39, 0.29) is 5.62 Å². The molecule has 17 heavy (non-hydrogen) atoms. The highest BCUT2D eigenvalue weighted by molar-refractivity contribution is 6.20. The Labute approximate surface area is 104 Å². The molecule has 1 aliphatic heterocycles. The lowest BCUT2D eigenvalue weighted by Gasteiger charge is -2.24. The first-order valence-electron chi connectivity index (χ1n) is 5.35. The van der Waals surface area contributed by atoms with Crippen molar-refractivity contribution < 1.29 is 0 Å². The van der Waals surface area contributed by atoms with Gasteiger partial charge in [0.2, 0.25) is 0 Å². The topological polar surface area (TPSA) is 44.3 Å². The van der Waals surface area contributed by atoms with Crippen LogP contribution in [0.1, 0.15) is 5.56 Å². The molecule has 0 radical (unpaired) electrons. The minimum absolute atomic E-state index is 0.319. The molecule has 1 atom stereocenters. The zero-order chi connectivity index (χ0) is 11.7. The highest BCUT2D eigenvalue weighted by atomic mass is 35.5. The van der Waals surface area contributed by atoms with Crippen LogP contribution in [0.4, 0.5) is 0 Å². The fourth-order valence-corrected chi connectivity index (χ4v) is 2.05. The third kappa shape index (κ3) is 2.03. The number of allylic oxidation sites excluding steroid dienone is 1. The number of nitrogens with one attached hydrogen (secondary N) is 1. The average Bonchev–Trinajstić information content (AvgIpc) is 2.79. The number of aromatic nitrogens is 2. The van der Waals surface area contributed by atoms with Gasteiger partial charge in [0, 0.05) is 24.3 Å². The van der Waals surface area contributed by atoms with Gasteiger partial charge in [-0.2, -0.15) is 5.10 Å². The zero-order valence-electron chi connectivity index (χ0n) is 9.05. The van der Waals surface area contributed by atoms with Gasteiger partial charge in [-0.05, 0) is 23.8 Å². The van der Waals surface area contributed by atoms with E-state index in [0.717, 1.165) is 17.4 Å². The molecular weight excluding hydrogens is 236 g/mol. The Hall–Kier alpha value is -1.81. The standard InChI is InChI=1S/C12H11ClN4/c13-12-14-4-1-5-17(12)8-9-2-3-11-10(6-9)7-15-16-11/h1-7,12H,8H2,(H,15,16). The van der Waals surface area contributed by atoms with Gasteiger partial charge < -0.3 is 4.90 Å². The van der Waals surface area contributed by atoms with E-state index in [1.54, 1.807) is 6.21 Å². The first kappa shape index (κ1) is 10.4. The second-order valence-electron chi connectivity index (χ2n) is 3.91. The third-order valence-electron chi connectivity index (χ3n) is 2.72. The normalized spacial score (nSPS) is 19.1. The van der Waals surface area contributed by atoms with Gasteiger partial charge in [-0.3, -0.25) is 10.1 Å². The van der Waals surface area contributed by atoms with Gasteiger partial charge >= 0.3 is 0 Å². The number of alkyl halides is 1. The van der Waals surface area contributed by atoms with Crippen LogP contribution in [0.5, 0.6) is 0 Å². The fraction of sp³-hybridized carbons (Fsp3) is 0.167. The summed E-state index contributed by atoms with van der Waals surface area (Å²) in [4.78, 5) is 6.10. The van der Waals surface area contributed by atoms with Gasteiger partial charge in [0.15, 0.2) is 5.62 Å². The molecule has 2 heterocycles. The van der Waals surface area contributed by atoms with E-state index in [1.165, 1.54) is 5.56 Å². The van der Waals surface area contributed by atoms with Crippen LogP contribution in [-0.2, 0) is 6.54 Å². The predicted molar refractivity (Wildman–Crippen MR) is 68.9 cm³/mol. The monoisotopic (exact) mass is 246 g/mol. The number of hydrogen-bond acceptors (Lipinski definition) is 3. The molecule has 0 spiro atoms. The Morgan fingerprint density at radius 1 is 1.41 bits per heavy atom. The molecule has 1 aromatic heterocycles. The number of benzene rings is 1. The fourth-order valence-electron chi connectivity index (χ4n) is 1.86. The Morgan fingerprint density at radius 3 is 3.24 bits per heavy atom. The number of hydrogen-bond donors (Lipinski definition) is 1. The van der Waals surface area contributed by atoms with Gasteiger partial charge in [0.25, 0.3) is 0 Å². The summed E-state index contributed by atoms with van der Waals surface area (Å²) in [5, 5.41) is 8.04. The summed E-state index contributed by atoms with van der Waals surface area (Å²) in [6.45, 7) is 0.739. The molecule has 1 aromatic carbocycles. The van der Waals surface area contributed by atoms with E-state index in [0.29, 0.717) is 0 Å². The molecule has 0 saturated carbocycles. The molecular formula is C12H11ClN4. The van der Waals surface area contributed by atoms with Crippen LogP contribution in [0.15, 0.2) is 41.7 Å². The maximum atomic E-state index is 6.09. The van der Waals surface area contributed by atoms with E-state index in [1.807, 2.05) is 29.4 Å². The smallest absolute Gasteiger partial charge is 0.197 e. The van der Waals surface area contributed by atoms with Crippen LogP contribution in [0.25, 0.3) is 10.9 Å². The average molecular weight is 247 g/mol. The summed E-state index contributed by atoms with van der Waals surface area (Å²) in [6.07, 6.45) is 7.37. The summed E-state index contributed by atoms with van der Waals surface area (Å²) in [5.74, 6) is 0. The van der Waals surface area contributed by atoms with Gasteiger partial charge in [-0.15, -0.1) is 0 Å². The molecule has 0 amide bonds. The van der Waals surface area contributed by atoms with E-state index >= 15 is 0 Å². The van der Waals surface area contributed by atoms with E-state index < -0.39 is 0 Å². The highest BCUT2D eigenvalue weighted by Gasteiger charge is 2.12. The minimum Gasteiger partial charge on any atom is -0.339 e. The van der Waals surface area contributed by atoms with Gasteiger partial charge in [0.1, 0.15) is 0 Å². The number of H-pyrrole nitrogens is 1. The van der Waals surface area contributed by atoms with Crippen molar-refractivity contribution in [2.45, 2.75) is 12.2 Å². The highest BCUT2D eigenvalue weighted by Crippen LogP contribution is 2.18. The number of aliphatic imine (C=N–C) groups is 1. The summed E-state index contributed by atoms with van der Waals surface area (Å²) in [7, 11) is 0. The maximum Gasteiger partial charge on any atom is 0.197 e. The molecule has 1 unspecified atom stereocenters. The molecule has 1 N–H and O–H groups in total. The largest absolute Gasteiger partial charge is 0.339 e. The molecule has 3 rings (SSSR count). The van der Waals surface area contributed by atoms with Crippen molar-refractivity contribution in [3.05, 3.63) is 42.2 Å². The number of fused-ring (bicyclic) bond motifs is 1. The van der Waals surface area contributed by atoms with Crippen LogP contribution in [0.3, 0.4) is 0 Å². The van der Waals surface area contributed by atoms with Crippen molar-refractivity contribution in [3.8, 4) is 0 Å². The molecule has 0 aliphatic carbocycles. The first-order valence-corrected chi connectivity index (χ1v) is 5.78. The van der Waals surface area contributed by atoms with E-state index in [2.05, 4.69) is 27.3 Å². The van der Waals surface area contributed by atoms with Crippen LogP contribution in [0, 0.1) is 0 Å². The minimum atomic E-state index is -0.319. The summed E-state index contributed by atoms with van der Waals surface area (Å²) in [5.41, 5.74) is 1.91. The predicted octanol–water partition coefficient (Wildman–Crippen LogP) is 2.49. The van der Waals surface area contributed by atoms with Crippen LogP contribution in [-0.4, -0.2) is 26.9 Å². The molecule has 0 bridgehead atoms. The van der Waals surface area contributed by atoms with Crippen molar-refractivity contribution in [2.75, 3.05) is 0 Å². The number of aromatic amines is 1. The third-order valence-corrected chi connectivity index (χ3v) is 3.08. The molecule has 1 aliphatic rings. The van der Waals surface area contributed by atoms with Crippen molar-refractivity contribution in [3.63, 3.8) is 0 Å². The molecule has 2 aromatic rings. The van der Waals surface area contributed by atoms with Crippen molar-refractivity contribution >= 4 is 28.7 Å². The van der Waals surface area contributed by atoms with E-state index in [9.17, 15) is 0 Å². The second-order valence-corrected chi connectivity index (χ2v) is 4.30. The van der Waals surface area contributed by atoms with Gasteiger partial charge in [-0.1, -0.05) is 17.7 Å².